The van der Waals surface area contributed by atoms with Crippen LogP contribution in [0.3, 0.4) is 0 Å². The van der Waals surface area contributed by atoms with E-state index in [1.165, 1.54) is 11.6 Å². The summed E-state index contributed by atoms with van der Waals surface area (Å²) in [6.07, 6.45) is 7.11. The molecule has 1 aromatic carbocycles. The Balaban J connectivity index is 1.77. The SMILES string of the molecule is C=CC(=O)OC(C)(C)CC(C)Oc1ccc2cc(-c3cc(CC)cn3CCCC)oc2c1. The second kappa shape index (κ2) is 10.1. The van der Waals surface area contributed by atoms with Gasteiger partial charge >= 0.3 is 5.97 Å². The van der Waals surface area contributed by atoms with E-state index in [9.17, 15) is 4.79 Å². The molecule has 0 spiro atoms. The van der Waals surface area contributed by atoms with Crippen LogP contribution in [0.25, 0.3) is 22.4 Å². The Morgan fingerprint density at radius 1 is 1.25 bits per heavy atom. The van der Waals surface area contributed by atoms with Gasteiger partial charge in [-0.2, -0.15) is 0 Å². The van der Waals surface area contributed by atoms with Crippen molar-refractivity contribution in [1.82, 2.24) is 4.57 Å². The summed E-state index contributed by atoms with van der Waals surface area (Å²) in [6, 6.07) is 10.2. The molecule has 32 heavy (non-hydrogen) atoms. The number of benzene rings is 1. The van der Waals surface area contributed by atoms with E-state index in [2.05, 4.69) is 43.3 Å². The molecule has 5 nitrogen and oxygen atoms in total. The number of nitrogens with zero attached hydrogens (tertiary/aromatic N) is 1. The highest BCUT2D eigenvalue weighted by Gasteiger charge is 2.25. The van der Waals surface area contributed by atoms with Crippen LogP contribution in [0.4, 0.5) is 0 Å². The molecular weight excluding hydrogens is 402 g/mol. The molecule has 0 fully saturated rings. The van der Waals surface area contributed by atoms with E-state index in [-0.39, 0.29) is 6.10 Å². The Morgan fingerprint density at radius 3 is 2.72 bits per heavy atom. The summed E-state index contributed by atoms with van der Waals surface area (Å²) < 4.78 is 20.1. The molecule has 0 bridgehead atoms. The molecule has 0 aliphatic carbocycles. The van der Waals surface area contributed by atoms with Crippen LogP contribution in [-0.2, 0) is 22.5 Å². The molecule has 2 heterocycles. The second-order valence-electron chi connectivity index (χ2n) is 8.96. The van der Waals surface area contributed by atoms with Crippen molar-refractivity contribution >= 4 is 16.9 Å². The molecule has 3 rings (SSSR count). The number of carbonyl (C=O) groups excluding carboxylic acids is 1. The van der Waals surface area contributed by atoms with E-state index in [1.54, 1.807) is 0 Å². The van der Waals surface area contributed by atoms with E-state index in [1.807, 2.05) is 39.0 Å². The minimum absolute atomic E-state index is 0.145. The summed E-state index contributed by atoms with van der Waals surface area (Å²) in [5.41, 5.74) is 2.58. The molecule has 172 valence electrons. The normalized spacial score (nSPS) is 12.7. The number of unbranched alkanes of at least 4 members (excludes halogenated alkanes) is 1. The molecule has 0 N–H and O–H groups in total. The van der Waals surface area contributed by atoms with Crippen LogP contribution in [-0.4, -0.2) is 22.2 Å². The third-order valence-electron chi connectivity index (χ3n) is 5.52. The topological polar surface area (TPSA) is 53.6 Å². The summed E-state index contributed by atoms with van der Waals surface area (Å²) in [5.74, 6) is 1.17. The lowest BCUT2D eigenvalue weighted by Crippen LogP contribution is -2.33. The van der Waals surface area contributed by atoms with Gasteiger partial charge in [-0.25, -0.2) is 4.79 Å². The van der Waals surface area contributed by atoms with Crippen molar-refractivity contribution in [1.29, 1.82) is 0 Å². The Kier molecular flexibility index (Phi) is 7.49. The maximum absolute atomic E-state index is 11.5. The van der Waals surface area contributed by atoms with Crippen LogP contribution < -0.4 is 4.74 Å². The largest absolute Gasteiger partial charge is 0.490 e. The van der Waals surface area contributed by atoms with Crippen molar-refractivity contribution in [3.05, 3.63) is 54.7 Å². The van der Waals surface area contributed by atoms with Gasteiger partial charge in [0.25, 0.3) is 0 Å². The smallest absolute Gasteiger partial charge is 0.330 e. The lowest BCUT2D eigenvalue weighted by atomic mass is 10.0. The second-order valence-corrected chi connectivity index (χ2v) is 8.96. The minimum Gasteiger partial charge on any atom is -0.490 e. The highest BCUT2D eigenvalue weighted by Crippen LogP contribution is 2.32. The maximum atomic E-state index is 11.5. The highest BCUT2D eigenvalue weighted by molar-refractivity contribution is 5.83. The zero-order valence-corrected chi connectivity index (χ0v) is 19.9. The van der Waals surface area contributed by atoms with Crippen LogP contribution in [0, 0.1) is 0 Å². The number of rotatable bonds is 11. The van der Waals surface area contributed by atoms with Gasteiger partial charge in [0.15, 0.2) is 5.76 Å². The van der Waals surface area contributed by atoms with E-state index < -0.39 is 11.6 Å². The number of hydrogen-bond donors (Lipinski definition) is 0. The summed E-state index contributed by atoms with van der Waals surface area (Å²) in [4.78, 5) is 11.5. The molecule has 0 aliphatic rings. The van der Waals surface area contributed by atoms with Crippen LogP contribution in [0.5, 0.6) is 5.75 Å². The van der Waals surface area contributed by atoms with E-state index in [0.717, 1.165) is 54.0 Å². The zero-order valence-electron chi connectivity index (χ0n) is 19.9. The number of hydrogen-bond acceptors (Lipinski definition) is 4. The van der Waals surface area contributed by atoms with Gasteiger partial charge in [0.2, 0.25) is 0 Å². The first-order chi connectivity index (χ1) is 15.2. The van der Waals surface area contributed by atoms with Crippen molar-refractivity contribution < 1.29 is 18.7 Å². The van der Waals surface area contributed by atoms with Gasteiger partial charge < -0.3 is 18.5 Å². The first-order valence-corrected chi connectivity index (χ1v) is 11.5. The first kappa shape index (κ1) is 23.7. The summed E-state index contributed by atoms with van der Waals surface area (Å²) in [6.45, 7) is 14.5. The molecule has 0 amide bonds. The molecule has 0 saturated heterocycles. The van der Waals surface area contributed by atoms with Crippen molar-refractivity contribution in [2.24, 2.45) is 0 Å². The molecule has 1 atom stereocenters. The molecule has 1 unspecified atom stereocenters. The van der Waals surface area contributed by atoms with Crippen molar-refractivity contribution in [2.75, 3.05) is 0 Å². The Hall–Kier alpha value is -2.95. The van der Waals surface area contributed by atoms with Crippen molar-refractivity contribution in [3.8, 4) is 17.2 Å². The van der Waals surface area contributed by atoms with Gasteiger partial charge in [-0.05, 0) is 63.4 Å². The number of esters is 1. The average molecular weight is 438 g/mol. The minimum atomic E-state index is -0.645. The number of aromatic nitrogens is 1. The molecule has 2 aromatic heterocycles. The van der Waals surface area contributed by atoms with Gasteiger partial charge in [-0.1, -0.05) is 26.8 Å². The predicted octanol–water partition coefficient (Wildman–Crippen LogP) is 6.93. The summed E-state index contributed by atoms with van der Waals surface area (Å²) in [5, 5.41) is 1.04. The van der Waals surface area contributed by atoms with E-state index >= 15 is 0 Å². The Morgan fingerprint density at radius 2 is 2.03 bits per heavy atom. The average Bonchev–Trinajstić information content (AvgIpc) is 3.34. The van der Waals surface area contributed by atoms with Gasteiger partial charge in [-0.3, -0.25) is 0 Å². The Bertz CT molecular complexity index is 1070. The van der Waals surface area contributed by atoms with Gasteiger partial charge in [-0.15, -0.1) is 0 Å². The lowest BCUT2D eigenvalue weighted by molar-refractivity contribution is -0.152. The third-order valence-corrected chi connectivity index (χ3v) is 5.52. The number of fused-ring (bicyclic) bond motifs is 1. The summed E-state index contributed by atoms with van der Waals surface area (Å²) in [7, 11) is 0. The number of ether oxygens (including phenoxy) is 2. The first-order valence-electron chi connectivity index (χ1n) is 11.5. The number of carbonyl (C=O) groups is 1. The fourth-order valence-corrected chi connectivity index (χ4v) is 4.02. The number of furan rings is 1. The quantitative estimate of drug-likeness (QED) is 0.241. The Labute approximate surface area is 191 Å². The standard InChI is InChI=1S/C27H35NO4/c1-7-10-13-28-18-20(8-2)14-23(28)25-15-21-11-12-22(16-24(21)31-25)30-19(4)17-27(5,6)32-26(29)9-3/h9,11-12,14-16,18-19H,3,7-8,10,13,17H2,1-2,4-6H3. The fourth-order valence-electron chi connectivity index (χ4n) is 4.02. The highest BCUT2D eigenvalue weighted by atomic mass is 16.6. The molecular formula is C27H35NO4. The molecule has 5 heteroatoms. The maximum Gasteiger partial charge on any atom is 0.330 e. The molecule has 3 aromatic rings. The van der Waals surface area contributed by atoms with E-state index in [0.29, 0.717) is 6.42 Å². The van der Waals surface area contributed by atoms with Crippen LogP contribution in [0.15, 0.2) is 53.6 Å². The van der Waals surface area contributed by atoms with Crippen molar-refractivity contribution in [2.45, 2.75) is 78.6 Å². The van der Waals surface area contributed by atoms with Crippen molar-refractivity contribution in [3.63, 3.8) is 0 Å². The molecule has 0 aliphatic heterocycles. The molecule has 0 saturated carbocycles. The van der Waals surface area contributed by atoms with Gasteiger partial charge in [0, 0.05) is 36.7 Å². The van der Waals surface area contributed by atoms with Gasteiger partial charge in [0.05, 0.1) is 11.8 Å². The van der Waals surface area contributed by atoms with Crippen LogP contribution in [0.1, 0.15) is 59.4 Å². The zero-order chi connectivity index (χ0) is 23.3. The van der Waals surface area contributed by atoms with Crippen LogP contribution in [0.2, 0.25) is 0 Å². The van der Waals surface area contributed by atoms with E-state index in [4.69, 9.17) is 13.9 Å². The molecule has 0 radical (unpaired) electrons. The fraction of sp³-hybridized carbons (Fsp3) is 0.444. The van der Waals surface area contributed by atoms with Crippen LogP contribution >= 0.6 is 0 Å². The summed E-state index contributed by atoms with van der Waals surface area (Å²) >= 11 is 0. The monoisotopic (exact) mass is 437 g/mol. The third kappa shape index (κ3) is 5.84. The lowest BCUT2D eigenvalue weighted by Gasteiger charge is -2.28. The van der Waals surface area contributed by atoms with Gasteiger partial charge in [0.1, 0.15) is 16.9 Å². The predicted molar refractivity (Wildman–Crippen MR) is 129 cm³/mol. The number of aryl methyl sites for hydroxylation is 2.